The van der Waals surface area contributed by atoms with Crippen LogP contribution in [0.5, 0.6) is 0 Å². The van der Waals surface area contributed by atoms with Crippen molar-refractivity contribution in [2.45, 2.75) is 19.8 Å². The number of carbonyl (C=O) groups excluding carboxylic acids is 1. The first-order valence-corrected chi connectivity index (χ1v) is 6.99. The van der Waals surface area contributed by atoms with Crippen LogP contribution in [0.1, 0.15) is 41.3 Å². The average molecular weight is 339 g/mol. The average Bonchev–Trinajstić information content (AvgIpc) is 2.43. The summed E-state index contributed by atoms with van der Waals surface area (Å²) in [6.45, 7) is 4.06. The third-order valence-corrected chi connectivity index (χ3v) is 3.72. The summed E-state index contributed by atoms with van der Waals surface area (Å²) in [5.74, 6) is -2.05. The van der Waals surface area contributed by atoms with Gasteiger partial charge in [-0.1, -0.05) is 38.1 Å². The normalized spacial score (nSPS) is 10.9. The molecule has 2 aromatic rings. The molecule has 0 amide bonds. The molecule has 0 aliphatic heterocycles. The van der Waals surface area contributed by atoms with E-state index in [4.69, 9.17) is 0 Å². The first kappa shape index (κ1) is 14.9. The van der Waals surface area contributed by atoms with Crippen LogP contribution in [-0.2, 0) is 0 Å². The Bertz CT molecular complexity index is 648. The van der Waals surface area contributed by atoms with Crippen molar-refractivity contribution in [1.29, 1.82) is 0 Å². The standard InChI is InChI=1S/C16H13BrF2O/c1-9(2)10-3-5-11(6-4-10)16(20)14-13(18)8-7-12(17)15(14)19/h3-9H,1-2H3. The first-order chi connectivity index (χ1) is 9.41. The summed E-state index contributed by atoms with van der Waals surface area (Å²) in [6, 6.07) is 9.10. The number of hydrogen-bond acceptors (Lipinski definition) is 1. The molecule has 0 aliphatic carbocycles. The fourth-order valence-corrected chi connectivity index (χ4v) is 2.23. The lowest BCUT2D eigenvalue weighted by Gasteiger charge is -2.08. The van der Waals surface area contributed by atoms with Crippen LogP contribution in [0.15, 0.2) is 40.9 Å². The highest BCUT2D eigenvalue weighted by atomic mass is 79.9. The maximum absolute atomic E-state index is 13.9. The number of benzene rings is 2. The molecule has 2 rings (SSSR count). The molecule has 2 aromatic carbocycles. The number of carbonyl (C=O) groups is 1. The lowest BCUT2D eigenvalue weighted by atomic mass is 9.97. The Hall–Kier alpha value is -1.55. The molecule has 0 aliphatic rings. The highest BCUT2D eigenvalue weighted by Gasteiger charge is 2.21. The van der Waals surface area contributed by atoms with Crippen molar-refractivity contribution in [3.63, 3.8) is 0 Å². The Labute approximate surface area is 124 Å². The van der Waals surface area contributed by atoms with E-state index in [9.17, 15) is 13.6 Å². The lowest BCUT2D eigenvalue weighted by Crippen LogP contribution is -2.08. The topological polar surface area (TPSA) is 17.1 Å². The van der Waals surface area contributed by atoms with Crippen LogP contribution in [0.4, 0.5) is 8.78 Å². The molecule has 4 heteroatoms. The van der Waals surface area contributed by atoms with E-state index in [1.807, 2.05) is 13.8 Å². The zero-order valence-electron chi connectivity index (χ0n) is 11.1. The summed E-state index contributed by atoms with van der Waals surface area (Å²) in [5.41, 5.74) is 0.804. The number of hydrogen-bond donors (Lipinski definition) is 0. The van der Waals surface area contributed by atoms with Crippen molar-refractivity contribution in [2.75, 3.05) is 0 Å². The van der Waals surface area contributed by atoms with Gasteiger partial charge in [0, 0.05) is 5.56 Å². The first-order valence-electron chi connectivity index (χ1n) is 6.20. The van der Waals surface area contributed by atoms with Gasteiger partial charge >= 0.3 is 0 Å². The van der Waals surface area contributed by atoms with Crippen LogP contribution in [0.2, 0.25) is 0 Å². The van der Waals surface area contributed by atoms with Gasteiger partial charge in [0.25, 0.3) is 0 Å². The zero-order chi connectivity index (χ0) is 14.9. The van der Waals surface area contributed by atoms with Gasteiger partial charge in [-0.05, 0) is 39.5 Å². The number of rotatable bonds is 3. The van der Waals surface area contributed by atoms with Crippen molar-refractivity contribution in [2.24, 2.45) is 0 Å². The van der Waals surface area contributed by atoms with E-state index in [0.29, 0.717) is 5.92 Å². The van der Waals surface area contributed by atoms with Gasteiger partial charge in [-0.25, -0.2) is 8.78 Å². The van der Waals surface area contributed by atoms with E-state index in [1.165, 1.54) is 6.07 Å². The van der Waals surface area contributed by atoms with Crippen molar-refractivity contribution in [3.05, 3.63) is 69.2 Å². The van der Waals surface area contributed by atoms with Crippen molar-refractivity contribution in [3.8, 4) is 0 Å². The maximum Gasteiger partial charge on any atom is 0.198 e. The molecule has 0 fully saturated rings. The Kier molecular flexibility index (Phi) is 4.33. The Balaban J connectivity index is 2.44. The highest BCUT2D eigenvalue weighted by molar-refractivity contribution is 9.10. The minimum atomic E-state index is -0.872. The molecule has 1 nitrogen and oxygen atoms in total. The van der Waals surface area contributed by atoms with Gasteiger partial charge in [0.05, 0.1) is 10.0 Å². The fourth-order valence-electron chi connectivity index (χ4n) is 1.90. The molecule has 20 heavy (non-hydrogen) atoms. The van der Waals surface area contributed by atoms with Crippen molar-refractivity contribution < 1.29 is 13.6 Å². The SMILES string of the molecule is CC(C)c1ccc(C(=O)c2c(F)ccc(Br)c2F)cc1. The summed E-state index contributed by atoms with van der Waals surface area (Å²) in [7, 11) is 0. The number of halogens is 3. The molecule has 0 unspecified atom stereocenters. The van der Waals surface area contributed by atoms with E-state index in [-0.39, 0.29) is 10.0 Å². The molecule has 0 radical (unpaired) electrons. The number of ketones is 1. The van der Waals surface area contributed by atoms with Crippen molar-refractivity contribution >= 4 is 21.7 Å². The zero-order valence-corrected chi connectivity index (χ0v) is 12.7. The fraction of sp³-hybridized carbons (Fsp3) is 0.188. The Morgan fingerprint density at radius 1 is 1.05 bits per heavy atom. The minimum Gasteiger partial charge on any atom is -0.288 e. The Morgan fingerprint density at radius 2 is 1.65 bits per heavy atom. The smallest absolute Gasteiger partial charge is 0.198 e. The summed E-state index contributed by atoms with van der Waals surface area (Å²) in [6.07, 6.45) is 0. The molecule has 0 aromatic heterocycles. The third-order valence-electron chi connectivity index (χ3n) is 3.11. The maximum atomic E-state index is 13.9. The van der Waals surface area contributed by atoms with Gasteiger partial charge in [0.1, 0.15) is 5.82 Å². The summed E-state index contributed by atoms with van der Waals surface area (Å²) in [4.78, 5) is 12.2. The van der Waals surface area contributed by atoms with E-state index >= 15 is 0 Å². The predicted molar refractivity (Wildman–Crippen MR) is 78.0 cm³/mol. The van der Waals surface area contributed by atoms with Crippen LogP contribution in [-0.4, -0.2) is 5.78 Å². The van der Waals surface area contributed by atoms with Crippen LogP contribution >= 0.6 is 15.9 Å². The largest absolute Gasteiger partial charge is 0.288 e. The third kappa shape index (κ3) is 2.80. The van der Waals surface area contributed by atoms with Crippen LogP contribution < -0.4 is 0 Å². The van der Waals surface area contributed by atoms with Crippen LogP contribution in [0, 0.1) is 11.6 Å². The molecular weight excluding hydrogens is 326 g/mol. The molecule has 0 saturated carbocycles. The van der Waals surface area contributed by atoms with Gasteiger partial charge in [-0.3, -0.25) is 4.79 Å². The molecule has 0 saturated heterocycles. The van der Waals surface area contributed by atoms with E-state index < -0.39 is 23.0 Å². The van der Waals surface area contributed by atoms with E-state index in [0.717, 1.165) is 11.6 Å². The van der Waals surface area contributed by atoms with Gasteiger partial charge in [-0.15, -0.1) is 0 Å². The lowest BCUT2D eigenvalue weighted by molar-refractivity contribution is 0.103. The monoisotopic (exact) mass is 338 g/mol. The quantitative estimate of drug-likeness (QED) is 0.563. The molecule has 0 bridgehead atoms. The highest BCUT2D eigenvalue weighted by Crippen LogP contribution is 2.24. The van der Waals surface area contributed by atoms with Gasteiger partial charge in [0.15, 0.2) is 11.6 Å². The molecule has 104 valence electrons. The Morgan fingerprint density at radius 3 is 2.20 bits per heavy atom. The summed E-state index contributed by atoms with van der Waals surface area (Å²) in [5, 5.41) is 0. The van der Waals surface area contributed by atoms with Crippen molar-refractivity contribution in [1.82, 2.24) is 0 Å². The minimum absolute atomic E-state index is 0.0704. The second kappa shape index (κ2) is 5.83. The molecule has 0 heterocycles. The predicted octanol–water partition coefficient (Wildman–Crippen LogP) is 5.08. The van der Waals surface area contributed by atoms with Gasteiger partial charge in [-0.2, -0.15) is 0 Å². The second-order valence-electron chi connectivity index (χ2n) is 4.82. The van der Waals surface area contributed by atoms with Crippen LogP contribution in [0.25, 0.3) is 0 Å². The molecule has 0 spiro atoms. The molecule has 0 atom stereocenters. The van der Waals surface area contributed by atoms with Crippen LogP contribution in [0.3, 0.4) is 0 Å². The van der Waals surface area contributed by atoms with E-state index in [1.54, 1.807) is 24.3 Å². The summed E-state index contributed by atoms with van der Waals surface area (Å²) >= 11 is 2.96. The molecular formula is C16H13BrF2O. The van der Waals surface area contributed by atoms with Gasteiger partial charge < -0.3 is 0 Å². The second-order valence-corrected chi connectivity index (χ2v) is 5.68. The molecule has 0 N–H and O–H groups in total. The van der Waals surface area contributed by atoms with E-state index in [2.05, 4.69) is 15.9 Å². The summed E-state index contributed by atoms with van der Waals surface area (Å²) < 4.78 is 27.7. The van der Waals surface area contributed by atoms with Gasteiger partial charge in [0.2, 0.25) is 0 Å².